The second-order valence-electron chi connectivity index (χ2n) is 8.60. The molecule has 0 spiro atoms. The molecule has 0 unspecified atom stereocenters. The largest absolute Gasteiger partial charge is 0.487 e. The normalized spacial score (nSPS) is 11.6. The number of hydrogen-bond acceptors (Lipinski definition) is 5. The van der Waals surface area contributed by atoms with Gasteiger partial charge in [-0.2, -0.15) is 0 Å². The number of rotatable bonds is 9. The minimum atomic E-state index is -3.73. The fourth-order valence-corrected chi connectivity index (χ4v) is 5.10. The first-order valence-corrected chi connectivity index (χ1v) is 13.2. The maximum absolute atomic E-state index is 12.9. The van der Waals surface area contributed by atoms with Gasteiger partial charge < -0.3 is 9.84 Å². The number of carboxylic acids is 1. The summed E-state index contributed by atoms with van der Waals surface area (Å²) in [5.74, 6) is -0.378. The fourth-order valence-electron chi connectivity index (χ4n) is 4.03. The van der Waals surface area contributed by atoms with Crippen LogP contribution in [-0.2, 0) is 23.1 Å². The van der Waals surface area contributed by atoms with Crippen LogP contribution in [-0.4, -0.2) is 31.0 Å². The van der Waals surface area contributed by atoms with Gasteiger partial charge in [0.25, 0.3) is 0 Å². The summed E-state index contributed by atoms with van der Waals surface area (Å²) in [6.45, 7) is 0.484. The van der Waals surface area contributed by atoms with Gasteiger partial charge in [0.2, 0.25) is 10.0 Å². The first kappa shape index (κ1) is 24.4. The molecule has 1 heterocycles. The zero-order chi connectivity index (χ0) is 25.8. The van der Waals surface area contributed by atoms with E-state index in [9.17, 15) is 13.2 Å². The number of nitrogens with zero attached hydrogens (tertiary/aromatic N) is 1. The third kappa shape index (κ3) is 5.77. The molecule has 5 rings (SSSR count). The molecule has 5 aromatic rings. The Morgan fingerprint density at radius 2 is 1.59 bits per heavy atom. The van der Waals surface area contributed by atoms with Crippen molar-refractivity contribution in [2.24, 2.45) is 0 Å². The van der Waals surface area contributed by atoms with Crippen LogP contribution >= 0.6 is 0 Å². The zero-order valence-electron chi connectivity index (χ0n) is 19.8. The van der Waals surface area contributed by atoms with Crippen LogP contribution in [0.15, 0.2) is 102 Å². The number of carboxylic acid groups (broad SMARTS) is 1. The summed E-state index contributed by atoms with van der Waals surface area (Å²) in [7, 11) is -3.73. The Kier molecular flexibility index (Phi) is 6.85. The van der Waals surface area contributed by atoms with E-state index in [2.05, 4.69) is 9.71 Å². The number of nitrogens with one attached hydrogen (secondary N) is 1. The van der Waals surface area contributed by atoms with Crippen LogP contribution in [0.3, 0.4) is 0 Å². The highest BCUT2D eigenvalue weighted by atomic mass is 32.2. The SMILES string of the molecule is O=C(O)c1ccc(CCNS(=O)(=O)c2ccc3ccc(OCc4ccc5ccccc5n4)cc3c2)cc1. The summed E-state index contributed by atoms with van der Waals surface area (Å²) in [5, 5.41) is 11.7. The molecule has 186 valence electrons. The Labute approximate surface area is 214 Å². The minimum absolute atomic E-state index is 0.162. The highest BCUT2D eigenvalue weighted by Crippen LogP contribution is 2.25. The maximum Gasteiger partial charge on any atom is 0.335 e. The van der Waals surface area contributed by atoms with Crippen LogP contribution in [0.4, 0.5) is 0 Å². The van der Waals surface area contributed by atoms with Crippen molar-refractivity contribution in [2.75, 3.05) is 6.54 Å². The molecular formula is C29H24N2O5S. The Balaban J connectivity index is 1.25. The Hall–Kier alpha value is -4.27. The Bertz CT molecular complexity index is 1700. The van der Waals surface area contributed by atoms with Gasteiger partial charge in [-0.25, -0.2) is 22.9 Å². The first-order valence-electron chi connectivity index (χ1n) is 11.7. The number of fused-ring (bicyclic) bond motifs is 2. The minimum Gasteiger partial charge on any atom is -0.487 e. The molecule has 1 aromatic heterocycles. The number of aromatic carboxylic acids is 1. The van der Waals surface area contributed by atoms with Gasteiger partial charge in [0.1, 0.15) is 12.4 Å². The molecule has 0 aliphatic carbocycles. The smallest absolute Gasteiger partial charge is 0.335 e. The lowest BCUT2D eigenvalue weighted by Gasteiger charge is -2.10. The zero-order valence-corrected chi connectivity index (χ0v) is 20.6. The van der Waals surface area contributed by atoms with Gasteiger partial charge in [-0.1, -0.05) is 48.5 Å². The third-order valence-corrected chi connectivity index (χ3v) is 7.50. The van der Waals surface area contributed by atoms with E-state index in [4.69, 9.17) is 9.84 Å². The Morgan fingerprint density at radius 3 is 2.41 bits per heavy atom. The molecule has 0 bridgehead atoms. The molecule has 4 aromatic carbocycles. The van der Waals surface area contributed by atoms with Gasteiger partial charge in [0.05, 0.1) is 21.7 Å². The quantitative estimate of drug-likeness (QED) is 0.282. The number of hydrogen-bond donors (Lipinski definition) is 2. The van der Waals surface area contributed by atoms with Crippen LogP contribution < -0.4 is 9.46 Å². The van der Waals surface area contributed by atoms with Gasteiger partial charge in [-0.15, -0.1) is 0 Å². The average molecular weight is 513 g/mol. The fraction of sp³-hybridized carbons (Fsp3) is 0.103. The molecule has 0 fully saturated rings. The maximum atomic E-state index is 12.9. The van der Waals surface area contributed by atoms with Crippen molar-refractivity contribution in [1.29, 1.82) is 0 Å². The number of benzene rings is 4. The lowest BCUT2D eigenvalue weighted by molar-refractivity contribution is 0.0697. The van der Waals surface area contributed by atoms with E-state index in [0.717, 1.165) is 32.9 Å². The average Bonchev–Trinajstić information content (AvgIpc) is 2.91. The molecule has 0 radical (unpaired) electrons. The predicted octanol–water partition coefficient (Wildman–Crippen LogP) is 5.19. The van der Waals surface area contributed by atoms with Crippen LogP contribution in [0.5, 0.6) is 5.75 Å². The van der Waals surface area contributed by atoms with Crippen molar-refractivity contribution in [3.8, 4) is 5.75 Å². The summed E-state index contributed by atoms with van der Waals surface area (Å²) in [6.07, 6.45) is 0.438. The van der Waals surface area contributed by atoms with Crippen LogP contribution in [0.25, 0.3) is 21.7 Å². The number of para-hydroxylation sites is 1. The second kappa shape index (κ2) is 10.4. The standard InChI is InChI=1S/C29H24N2O5S/c32-29(33)23-7-5-20(6-8-23)15-16-30-37(34,35)27-14-11-21-10-13-26(17-24(21)18-27)36-19-25-12-9-22-3-1-2-4-28(22)31-25/h1-14,17-18,30H,15-16,19H2,(H,32,33). The summed E-state index contributed by atoms with van der Waals surface area (Å²) in [6, 6.07) is 28.7. The molecule has 0 atom stereocenters. The summed E-state index contributed by atoms with van der Waals surface area (Å²) in [5.41, 5.74) is 2.74. The predicted molar refractivity (Wildman–Crippen MR) is 142 cm³/mol. The molecule has 0 saturated heterocycles. The van der Waals surface area contributed by atoms with E-state index < -0.39 is 16.0 Å². The molecule has 2 N–H and O–H groups in total. The van der Waals surface area contributed by atoms with Crippen LogP contribution in [0.1, 0.15) is 21.6 Å². The molecule has 8 heteroatoms. The monoisotopic (exact) mass is 512 g/mol. The molecular weight excluding hydrogens is 488 g/mol. The van der Waals surface area contributed by atoms with Gasteiger partial charge in [-0.05, 0) is 71.3 Å². The van der Waals surface area contributed by atoms with Gasteiger partial charge >= 0.3 is 5.97 Å². The topological polar surface area (TPSA) is 106 Å². The van der Waals surface area contributed by atoms with Crippen molar-refractivity contribution in [1.82, 2.24) is 9.71 Å². The van der Waals surface area contributed by atoms with Crippen LogP contribution in [0, 0.1) is 0 Å². The number of carbonyl (C=O) groups is 1. The highest BCUT2D eigenvalue weighted by molar-refractivity contribution is 7.89. The first-order chi connectivity index (χ1) is 17.9. The van der Waals surface area contributed by atoms with E-state index in [1.165, 1.54) is 12.1 Å². The van der Waals surface area contributed by atoms with Crippen molar-refractivity contribution in [2.45, 2.75) is 17.9 Å². The second-order valence-corrected chi connectivity index (χ2v) is 10.4. The summed E-state index contributed by atoms with van der Waals surface area (Å²) >= 11 is 0. The van der Waals surface area contributed by atoms with Gasteiger partial charge in [0.15, 0.2) is 0 Å². The highest BCUT2D eigenvalue weighted by Gasteiger charge is 2.14. The van der Waals surface area contributed by atoms with Gasteiger partial charge in [0, 0.05) is 11.9 Å². The third-order valence-electron chi connectivity index (χ3n) is 6.04. The van der Waals surface area contributed by atoms with E-state index in [1.807, 2.05) is 54.6 Å². The van der Waals surface area contributed by atoms with Crippen molar-refractivity contribution >= 4 is 37.7 Å². The van der Waals surface area contributed by atoms with E-state index in [1.54, 1.807) is 30.3 Å². The molecule has 0 aliphatic heterocycles. The lowest BCUT2D eigenvalue weighted by atomic mass is 10.1. The summed E-state index contributed by atoms with van der Waals surface area (Å²) in [4.78, 5) is 15.8. The number of pyridine rings is 1. The number of sulfonamides is 1. The van der Waals surface area contributed by atoms with Crippen molar-refractivity contribution in [3.05, 3.63) is 114 Å². The molecule has 0 aliphatic rings. The van der Waals surface area contributed by atoms with E-state index in [0.29, 0.717) is 18.8 Å². The van der Waals surface area contributed by atoms with Gasteiger partial charge in [-0.3, -0.25) is 0 Å². The number of aromatic nitrogens is 1. The molecule has 7 nitrogen and oxygen atoms in total. The number of ether oxygens (including phenoxy) is 1. The van der Waals surface area contributed by atoms with Crippen LogP contribution in [0.2, 0.25) is 0 Å². The van der Waals surface area contributed by atoms with Crippen molar-refractivity contribution < 1.29 is 23.1 Å². The molecule has 0 amide bonds. The van der Waals surface area contributed by atoms with E-state index >= 15 is 0 Å². The summed E-state index contributed by atoms with van der Waals surface area (Å²) < 4.78 is 34.3. The van der Waals surface area contributed by atoms with Crippen molar-refractivity contribution in [3.63, 3.8) is 0 Å². The molecule has 37 heavy (non-hydrogen) atoms. The van der Waals surface area contributed by atoms with E-state index in [-0.39, 0.29) is 17.0 Å². The molecule has 0 saturated carbocycles. The lowest BCUT2D eigenvalue weighted by Crippen LogP contribution is -2.26. The Morgan fingerprint density at radius 1 is 0.838 bits per heavy atom.